The average molecular weight is 197 g/mol. The summed E-state index contributed by atoms with van der Waals surface area (Å²) in [5.74, 6) is -0.164. The van der Waals surface area contributed by atoms with E-state index in [4.69, 9.17) is 0 Å². The van der Waals surface area contributed by atoms with Gasteiger partial charge in [0.05, 0.1) is 0 Å². The number of hydrogen-bond acceptors (Lipinski definition) is 3. The lowest BCUT2D eigenvalue weighted by Crippen LogP contribution is -2.56. The molecule has 0 bridgehead atoms. The molecule has 0 aromatic heterocycles. The molecule has 3 amide bonds. The van der Waals surface area contributed by atoms with Crippen LogP contribution in [-0.4, -0.2) is 42.0 Å². The van der Waals surface area contributed by atoms with Crippen molar-refractivity contribution >= 4 is 11.9 Å². The van der Waals surface area contributed by atoms with Gasteiger partial charge in [-0.1, -0.05) is 0 Å². The van der Waals surface area contributed by atoms with E-state index in [1.54, 1.807) is 0 Å². The summed E-state index contributed by atoms with van der Waals surface area (Å²) in [6, 6.07) is -0.0281. The molecule has 2 unspecified atom stereocenters. The first-order chi connectivity index (χ1) is 6.53. The molecule has 0 aromatic rings. The van der Waals surface area contributed by atoms with Gasteiger partial charge in [0.25, 0.3) is 5.91 Å². The average Bonchev–Trinajstić information content (AvgIpc) is 2.36. The summed E-state index contributed by atoms with van der Waals surface area (Å²) in [4.78, 5) is 24.9. The minimum absolute atomic E-state index is 0.164. The summed E-state index contributed by atoms with van der Waals surface area (Å²) in [5, 5.41) is 5.05. The van der Waals surface area contributed by atoms with E-state index in [0.29, 0.717) is 18.9 Å². The Kier molecular flexibility index (Phi) is 1.99. The van der Waals surface area contributed by atoms with Crippen LogP contribution in [0.3, 0.4) is 0 Å². The Morgan fingerprint density at radius 2 is 2.21 bits per heavy atom. The first kappa shape index (κ1) is 9.45. The second-order valence-electron chi connectivity index (χ2n) is 4.27. The Morgan fingerprint density at radius 1 is 1.50 bits per heavy atom. The molecule has 5 nitrogen and oxygen atoms in total. The molecule has 0 aromatic carbocycles. The van der Waals surface area contributed by atoms with Crippen LogP contribution in [0, 0.1) is 0 Å². The quantitative estimate of drug-likeness (QED) is 0.523. The van der Waals surface area contributed by atoms with Crippen molar-refractivity contribution in [1.29, 1.82) is 0 Å². The van der Waals surface area contributed by atoms with E-state index >= 15 is 0 Å². The first-order valence-corrected chi connectivity index (χ1v) is 4.87. The molecule has 2 atom stereocenters. The van der Waals surface area contributed by atoms with Crippen molar-refractivity contribution in [3.8, 4) is 0 Å². The zero-order chi connectivity index (χ0) is 10.3. The van der Waals surface area contributed by atoms with Crippen molar-refractivity contribution in [3.05, 3.63) is 0 Å². The number of likely N-dealkylation sites (tertiary alicyclic amines) is 1. The van der Waals surface area contributed by atoms with Gasteiger partial charge in [-0.2, -0.15) is 0 Å². The van der Waals surface area contributed by atoms with Crippen molar-refractivity contribution in [2.24, 2.45) is 0 Å². The van der Waals surface area contributed by atoms with Gasteiger partial charge < -0.3 is 10.2 Å². The summed E-state index contributed by atoms with van der Waals surface area (Å²) in [6.45, 7) is 2.91. The fourth-order valence-electron chi connectivity index (χ4n) is 2.20. The molecule has 2 N–H and O–H groups in total. The molecule has 2 heterocycles. The molecular weight excluding hydrogens is 182 g/mol. The monoisotopic (exact) mass is 197 g/mol. The lowest BCUT2D eigenvalue weighted by Gasteiger charge is -2.39. The van der Waals surface area contributed by atoms with E-state index in [0.717, 1.165) is 6.54 Å². The van der Waals surface area contributed by atoms with Gasteiger partial charge in [0.15, 0.2) is 0 Å². The molecule has 0 saturated carbocycles. The molecule has 2 fully saturated rings. The maximum Gasteiger partial charge on any atom is 0.322 e. The Hall–Kier alpha value is -1.10. The number of imide groups is 1. The van der Waals surface area contributed by atoms with Gasteiger partial charge >= 0.3 is 6.03 Å². The van der Waals surface area contributed by atoms with Gasteiger partial charge in [-0.3, -0.25) is 10.1 Å². The number of piperidine rings is 1. The topological polar surface area (TPSA) is 61.4 Å². The van der Waals surface area contributed by atoms with Crippen LogP contribution in [0.2, 0.25) is 0 Å². The van der Waals surface area contributed by atoms with Crippen LogP contribution in [0.1, 0.15) is 19.8 Å². The van der Waals surface area contributed by atoms with Crippen molar-refractivity contribution in [3.63, 3.8) is 0 Å². The van der Waals surface area contributed by atoms with E-state index in [1.807, 2.05) is 7.05 Å². The number of urea groups is 1. The standard InChI is InChI=1S/C9H15N3O2/c1-6-5-9(3-4-12(6)2)7(13)10-8(14)11-9/h6H,3-5H2,1-2H3,(H2,10,11,13,14). The van der Waals surface area contributed by atoms with E-state index in [9.17, 15) is 9.59 Å². The van der Waals surface area contributed by atoms with Crippen molar-refractivity contribution in [1.82, 2.24) is 15.5 Å². The van der Waals surface area contributed by atoms with Gasteiger partial charge in [-0.05, 0) is 26.8 Å². The number of hydrogen-bond donors (Lipinski definition) is 2. The first-order valence-electron chi connectivity index (χ1n) is 4.87. The number of nitrogens with one attached hydrogen (secondary N) is 2. The third kappa shape index (κ3) is 1.28. The molecule has 2 rings (SSSR count). The van der Waals surface area contributed by atoms with E-state index in [-0.39, 0.29) is 11.9 Å². The van der Waals surface area contributed by atoms with E-state index < -0.39 is 5.54 Å². The highest BCUT2D eigenvalue weighted by atomic mass is 16.2. The van der Waals surface area contributed by atoms with Gasteiger partial charge in [0.2, 0.25) is 0 Å². The maximum atomic E-state index is 11.6. The van der Waals surface area contributed by atoms with Crippen molar-refractivity contribution in [2.45, 2.75) is 31.3 Å². The lowest BCUT2D eigenvalue weighted by atomic mass is 9.84. The highest BCUT2D eigenvalue weighted by molar-refractivity contribution is 6.07. The SMILES string of the molecule is CC1CC2(CCN1C)NC(=O)NC2=O. The fraction of sp³-hybridized carbons (Fsp3) is 0.778. The molecule has 2 saturated heterocycles. The molecule has 0 radical (unpaired) electrons. The third-order valence-electron chi connectivity index (χ3n) is 3.30. The van der Waals surface area contributed by atoms with Gasteiger partial charge in [0.1, 0.15) is 5.54 Å². The van der Waals surface area contributed by atoms with Crippen LogP contribution < -0.4 is 10.6 Å². The second kappa shape index (κ2) is 2.95. The predicted molar refractivity (Wildman–Crippen MR) is 50.7 cm³/mol. The Morgan fingerprint density at radius 3 is 2.71 bits per heavy atom. The summed E-state index contributed by atoms with van der Waals surface area (Å²) in [7, 11) is 2.03. The molecule has 14 heavy (non-hydrogen) atoms. The molecule has 78 valence electrons. The van der Waals surface area contributed by atoms with Gasteiger partial charge in [-0.15, -0.1) is 0 Å². The summed E-state index contributed by atoms with van der Waals surface area (Å²) < 4.78 is 0. The predicted octanol–water partition coefficient (Wildman–Crippen LogP) is -0.321. The molecular formula is C9H15N3O2. The number of amides is 3. The van der Waals surface area contributed by atoms with E-state index in [1.165, 1.54) is 0 Å². The summed E-state index contributed by atoms with van der Waals surface area (Å²) in [5.41, 5.74) is -0.636. The van der Waals surface area contributed by atoms with Crippen LogP contribution in [0.4, 0.5) is 4.79 Å². The zero-order valence-corrected chi connectivity index (χ0v) is 8.46. The fourth-order valence-corrected chi connectivity index (χ4v) is 2.20. The Bertz CT molecular complexity index is 292. The summed E-state index contributed by atoms with van der Waals surface area (Å²) >= 11 is 0. The molecule has 2 aliphatic heterocycles. The van der Waals surface area contributed by atoms with Gasteiger partial charge in [-0.25, -0.2) is 4.79 Å². The highest BCUT2D eigenvalue weighted by Gasteiger charge is 2.49. The van der Waals surface area contributed by atoms with Crippen molar-refractivity contribution in [2.75, 3.05) is 13.6 Å². The normalized spacial score (nSPS) is 38.6. The Labute approximate surface area is 82.8 Å². The van der Waals surface area contributed by atoms with Crippen molar-refractivity contribution < 1.29 is 9.59 Å². The smallest absolute Gasteiger partial charge is 0.322 e. The van der Waals surface area contributed by atoms with Crippen LogP contribution in [-0.2, 0) is 4.79 Å². The largest absolute Gasteiger partial charge is 0.323 e. The van der Waals surface area contributed by atoms with Gasteiger partial charge in [0, 0.05) is 12.6 Å². The number of carbonyl (C=O) groups is 2. The number of carbonyl (C=O) groups excluding carboxylic acids is 2. The third-order valence-corrected chi connectivity index (χ3v) is 3.30. The minimum atomic E-state index is -0.636. The lowest BCUT2D eigenvalue weighted by molar-refractivity contribution is -0.126. The summed E-state index contributed by atoms with van der Waals surface area (Å²) in [6.07, 6.45) is 1.40. The number of rotatable bonds is 0. The molecule has 1 spiro atoms. The minimum Gasteiger partial charge on any atom is -0.323 e. The number of nitrogens with zero attached hydrogens (tertiary/aromatic N) is 1. The van der Waals surface area contributed by atoms with Crippen LogP contribution >= 0.6 is 0 Å². The second-order valence-corrected chi connectivity index (χ2v) is 4.27. The van der Waals surface area contributed by atoms with Crippen LogP contribution in [0.15, 0.2) is 0 Å². The zero-order valence-electron chi connectivity index (χ0n) is 8.46. The van der Waals surface area contributed by atoms with E-state index in [2.05, 4.69) is 22.5 Å². The highest BCUT2D eigenvalue weighted by Crippen LogP contribution is 2.28. The molecule has 5 heteroatoms. The molecule has 2 aliphatic rings. The van der Waals surface area contributed by atoms with Crippen LogP contribution in [0.25, 0.3) is 0 Å². The Balaban J connectivity index is 2.18. The molecule has 0 aliphatic carbocycles. The maximum absolute atomic E-state index is 11.6. The van der Waals surface area contributed by atoms with Crippen LogP contribution in [0.5, 0.6) is 0 Å².